The van der Waals surface area contributed by atoms with Crippen molar-refractivity contribution in [2.24, 2.45) is 23.7 Å². The molecule has 0 spiro atoms. The minimum absolute atomic E-state index is 0.196. The Morgan fingerprint density at radius 1 is 0.473 bits per heavy atom. The summed E-state index contributed by atoms with van der Waals surface area (Å²) in [4.78, 5) is 14.4. The zero-order valence-electron chi connectivity index (χ0n) is 41.5. The van der Waals surface area contributed by atoms with Crippen molar-refractivity contribution in [3.8, 4) is 23.0 Å². The van der Waals surface area contributed by atoms with E-state index in [0.29, 0.717) is 23.7 Å². The third-order valence-corrected chi connectivity index (χ3v) is 17.1. The number of phenolic OH excluding ortho intramolecular Hbond substituents is 2. The van der Waals surface area contributed by atoms with Gasteiger partial charge >= 0.3 is 0 Å². The maximum absolute atomic E-state index is 10.4. The van der Waals surface area contributed by atoms with Crippen molar-refractivity contribution in [2.45, 2.75) is 50.0 Å². The van der Waals surface area contributed by atoms with Gasteiger partial charge in [-0.2, -0.15) is 0 Å². The first-order chi connectivity index (χ1) is 36.4. The van der Waals surface area contributed by atoms with Gasteiger partial charge in [0.2, 0.25) is 0 Å². The molecule has 0 saturated carbocycles. The van der Waals surface area contributed by atoms with Gasteiger partial charge < -0.3 is 19.7 Å². The highest BCUT2D eigenvalue weighted by Crippen LogP contribution is 2.47. The second-order valence-corrected chi connectivity index (χ2v) is 21.1. The fourth-order valence-electron chi connectivity index (χ4n) is 13.4. The Bertz CT molecular complexity index is 3760. The van der Waals surface area contributed by atoms with Gasteiger partial charge in [-0.3, -0.25) is 19.8 Å². The number of pyridine rings is 2. The third kappa shape index (κ3) is 8.27. The summed E-state index contributed by atoms with van der Waals surface area (Å²) in [5.41, 5.74) is 3.89. The fraction of sp³-hybridized carbons (Fsp3) is 0.242. The SMILES string of the molecule is C=C[C@H]1CN2CC[C@H]1C[C@H]2[C@@H](Oc1cccc2c1ccc1ccccc12)c1ccnc2ccc(O)cc12.C=C[C@H]1CN2CC[C@H]1C[C@H]2[C@H](Oc1cc2ccccc2c2ccccc12)c1ccnc2ccc(O)cc12. The highest BCUT2D eigenvalue weighted by molar-refractivity contribution is 6.11. The lowest BCUT2D eigenvalue weighted by Crippen LogP contribution is -2.55. The van der Waals surface area contributed by atoms with Gasteiger partial charge in [-0.1, -0.05) is 109 Å². The first-order valence-corrected chi connectivity index (χ1v) is 26.4. The summed E-state index contributed by atoms with van der Waals surface area (Å²) in [5, 5.41) is 32.1. The Kier molecular flexibility index (Phi) is 12.0. The maximum atomic E-state index is 10.4. The van der Waals surface area contributed by atoms with Crippen LogP contribution in [0.3, 0.4) is 0 Å². The minimum Gasteiger partial charge on any atom is -0.508 e. The molecule has 8 aromatic carbocycles. The Morgan fingerprint density at radius 3 is 1.51 bits per heavy atom. The topological polar surface area (TPSA) is 91.2 Å². The molecule has 8 nitrogen and oxygen atoms in total. The molecule has 2 aromatic heterocycles. The van der Waals surface area contributed by atoms with Gasteiger partial charge in [0.25, 0.3) is 0 Å². The van der Waals surface area contributed by atoms with Crippen LogP contribution < -0.4 is 9.47 Å². The normalized spacial score (nSPS) is 23.9. The average molecular weight is 973 g/mol. The summed E-state index contributed by atoms with van der Waals surface area (Å²) >= 11 is 0. The Morgan fingerprint density at radius 2 is 0.959 bits per heavy atom. The van der Waals surface area contributed by atoms with Crippen LogP contribution in [0.4, 0.5) is 0 Å². The first-order valence-electron chi connectivity index (χ1n) is 26.4. The lowest BCUT2D eigenvalue weighted by atomic mass is 9.73. The zero-order chi connectivity index (χ0) is 49.9. The van der Waals surface area contributed by atoms with Crippen LogP contribution in [0.25, 0.3) is 64.9 Å². The molecule has 10 atom stereocenters. The van der Waals surface area contributed by atoms with Gasteiger partial charge in [-0.05, 0) is 155 Å². The van der Waals surface area contributed by atoms with Crippen molar-refractivity contribution in [1.82, 2.24) is 19.8 Å². The number of aromatic nitrogens is 2. The van der Waals surface area contributed by atoms with Crippen LogP contribution in [0.15, 0.2) is 195 Å². The second kappa shape index (κ2) is 19.2. The molecule has 10 aromatic rings. The molecule has 6 aliphatic heterocycles. The van der Waals surface area contributed by atoms with E-state index in [1.54, 1.807) is 12.1 Å². The number of ether oxygens (including phenoxy) is 2. The van der Waals surface area contributed by atoms with Gasteiger partial charge in [-0.15, -0.1) is 13.2 Å². The smallest absolute Gasteiger partial charge is 0.140 e. The van der Waals surface area contributed by atoms with Gasteiger partial charge in [-0.25, -0.2) is 0 Å². The molecule has 2 N–H and O–H groups in total. The van der Waals surface area contributed by atoms with Crippen molar-refractivity contribution in [1.29, 1.82) is 0 Å². The van der Waals surface area contributed by atoms with E-state index in [9.17, 15) is 10.2 Å². The molecule has 8 heteroatoms. The van der Waals surface area contributed by atoms with E-state index in [1.807, 2.05) is 36.7 Å². The highest BCUT2D eigenvalue weighted by Gasteiger charge is 2.45. The van der Waals surface area contributed by atoms with Gasteiger partial charge in [0.1, 0.15) is 35.2 Å². The fourth-order valence-corrected chi connectivity index (χ4v) is 13.4. The monoisotopic (exact) mass is 972 g/mol. The summed E-state index contributed by atoms with van der Waals surface area (Å²) in [6, 6.07) is 53.9. The number of fused-ring (bicyclic) bond motifs is 14. The van der Waals surface area contributed by atoms with Crippen molar-refractivity contribution in [2.75, 3.05) is 26.2 Å². The largest absolute Gasteiger partial charge is 0.508 e. The lowest BCUT2D eigenvalue weighted by molar-refractivity contribution is -0.0353. The minimum atomic E-state index is -0.203. The van der Waals surface area contributed by atoms with E-state index in [1.165, 1.54) is 45.2 Å². The van der Waals surface area contributed by atoms with Crippen LogP contribution in [0, 0.1) is 23.7 Å². The summed E-state index contributed by atoms with van der Waals surface area (Å²) in [6.07, 6.45) is 12.2. The standard InChI is InChI=1S/2C33H30N2O2/c1-2-21-20-35-16-14-22(21)17-31(35)33(28-13-15-34-30-12-11-24(36)19-29(28)30)37-32-18-23-7-3-4-8-25(23)26-9-5-6-10-27(26)32;1-2-21-20-35-17-15-23(21)18-31(35)33(28-14-16-34-30-13-11-24(36)19-29(28)30)37-32-9-5-8-26-25-7-4-3-6-22(25)10-12-27(26)32/h2-13,15,18-19,21-22,31,33,36H,1,14,16-17,20H2;2-14,16,19,21,23,31,33,36H,1,15,17-18,20H2/t21-,22-,31-,33+;21-,23-,31-,33-/m00/s1. The molecule has 0 amide bonds. The number of hydrogen-bond donors (Lipinski definition) is 2. The predicted octanol–water partition coefficient (Wildman–Crippen LogP) is 14.5. The molecule has 4 bridgehead atoms. The highest BCUT2D eigenvalue weighted by atomic mass is 16.5. The van der Waals surface area contributed by atoms with Crippen LogP contribution in [0.5, 0.6) is 23.0 Å². The van der Waals surface area contributed by atoms with Gasteiger partial charge in [0.15, 0.2) is 0 Å². The lowest BCUT2D eigenvalue weighted by Gasteiger charge is -2.51. The molecule has 368 valence electrons. The maximum Gasteiger partial charge on any atom is 0.140 e. The number of aromatic hydroxyl groups is 2. The van der Waals surface area contributed by atoms with E-state index >= 15 is 0 Å². The van der Waals surface area contributed by atoms with Crippen LogP contribution in [-0.2, 0) is 0 Å². The summed E-state index contributed by atoms with van der Waals surface area (Å²) in [5.74, 6) is 4.58. The third-order valence-electron chi connectivity index (χ3n) is 17.1. The van der Waals surface area contributed by atoms with Crippen molar-refractivity contribution in [3.63, 3.8) is 0 Å². The number of nitrogens with zero attached hydrogens (tertiary/aromatic N) is 4. The predicted molar refractivity (Wildman–Crippen MR) is 300 cm³/mol. The quantitative estimate of drug-likeness (QED) is 0.103. The molecule has 6 aliphatic rings. The molecule has 16 rings (SSSR count). The number of benzene rings is 8. The number of piperidine rings is 6. The van der Waals surface area contributed by atoms with Crippen LogP contribution in [0.2, 0.25) is 0 Å². The van der Waals surface area contributed by atoms with E-state index in [4.69, 9.17) is 9.47 Å². The van der Waals surface area contributed by atoms with E-state index in [0.717, 1.165) is 94.2 Å². The molecule has 8 heterocycles. The molecular weight excluding hydrogens is 913 g/mol. The summed E-state index contributed by atoms with van der Waals surface area (Å²) in [7, 11) is 0. The average Bonchev–Trinajstić information content (AvgIpc) is 3.47. The number of rotatable bonds is 10. The van der Waals surface area contributed by atoms with E-state index in [-0.39, 0.29) is 35.8 Å². The first kappa shape index (κ1) is 46.0. The molecular formula is C66H60N4O4. The van der Waals surface area contributed by atoms with E-state index < -0.39 is 0 Å². The Hall–Kier alpha value is -7.78. The number of phenols is 2. The molecule has 74 heavy (non-hydrogen) atoms. The molecule has 6 saturated heterocycles. The zero-order valence-corrected chi connectivity index (χ0v) is 41.5. The summed E-state index contributed by atoms with van der Waals surface area (Å²) in [6.45, 7) is 12.4. The summed E-state index contributed by atoms with van der Waals surface area (Å²) < 4.78 is 14.2. The second-order valence-electron chi connectivity index (χ2n) is 21.1. The van der Waals surface area contributed by atoms with Crippen molar-refractivity contribution >= 4 is 64.9 Å². The molecule has 0 aliphatic carbocycles. The van der Waals surface area contributed by atoms with Crippen LogP contribution >= 0.6 is 0 Å². The van der Waals surface area contributed by atoms with Gasteiger partial charge in [0.05, 0.1) is 23.1 Å². The van der Waals surface area contributed by atoms with Crippen LogP contribution in [-0.4, -0.2) is 68.2 Å². The molecule has 2 unspecified atom stereocenters. The van der Waals surface area contributed by atoms with E-state index in [2.05, 4.69) is 166 Å². The number of hydrogen-bond acceptors (Lipinski definition) is 8. The van der Waals surface area contributed by atoms with Crippen molar-refractivity contribution < 1.29 is 19.7 Å². The Balaban J connectivity index is 0.000000143. The van der Waals surface area contributed by atoms with Crippen LogP contribution in [0.1, 0.15) is 49.0 Å². The Labute approximate surface area is 431 Å². The molecule has 6 fully saturated rings. The molecule has 0 radical (unpaired) electrons. The van der Waals surface area contributed by atoms with Gasteiger partial charge in [0, 0.05) is 58.2 Å². The van der Waals surface area contributed by atoms with Crippen molar-refractivity contribution in [3.05, 3.63) is 207 Å².